The molecule has 2 aromatic carbocycles. The van der Waals surface area contributed by atoms with E-state index in [0.29, 0.717) is 28.7 Å². The first-order valence-electron chi connectivity index (χ1n) is 9.25. The molecule has 0 aromatic heterocycles. The Kier molecular flexibility index (Phi) is 4.77. The van der Waals surface area contributed by atoms with Gasteiger partial charge < -0.3 is 19.7 Å². The van der Waals surface area contributed by atoms with E-state index in [4.69, 9.17) is 9.47 Å². The molecule has 28 heavy (non-hydrogen) atoms. The van der Waals surface area contributed by atoms with Crippen molar-refractivity contribution in [3.8, 4) is 11.5 Å². The van der Waals surface area contributed by atoms with Crippen molar-refractivity contribution in [2.24, 2.45) is 5.92 Å². The Morgan fingerprint density at radius 2 is 1.89 bits per heavy atom. The van der Waals surface area contributed by atoms with Crippen LogP contribution in [0.3, 0.4) is 0 Å². The second-order valence-corrected chi connectivity index (χ2v) is 7.15. The summed E-state index contributed by atoms with van der Waals surface area (Å²) in [5, 5.41) is 14.0. The molecule has 0 aliphatic carbocycles. The Bertz CT molecular complexity index is 922. The number of anilines is 2. The molecule has 2 aromatic rings. The first-order valence-corrected chi connectivity index (χ1v) is 9.25. The highest BCUT2D eigenvalue weighted by atomic mass is 16.7. The summed E-state index contributed by atoms with van der Waals surface area (Å²) in [4.78, 5) is 25.8. The van der Waals surface area contributed by atoms with E-state index in [-0.39, 0.29) is 12.5 Å². The maximum Gasteiger partial charge on any atom is 0.270 e. The fourth-order valence-electron chi connectivity index (χ4n) is 3.52. The number of nitro benzene ring substituents is 1. The van der Waals surface area contributed by atoms with Crippen LogP contribution in [0.5, 0.6) is 11.5 Å². The maximum absolute atomic E-state index is 13.0. The van der Waals surface area contributed by atoms with Crippen molar-refractivity contribution in [3.63, 3.8) is 0 Å². The first kappa shape index (κ1) is 18.1. The number of ether oxygens (including phenoxy) is 2. The fraction of sp³-hybridized carbons (Fsp3) is 0.350. The molecule has 0 spiro atoms. The van der Waals surface area contributed by atoms with Gasteiger partial charge in [0.1, 0.15) is 0 Å². The number of nitrogens with zero attached hydrogens (tertiary/aromatic N) is 2. The molecule has 146 valence electrons. The van der Waals surface area contributed by atoms with Gasteiger partial charge in [-0.15, -0.1) is 0 Å². The Hall–Kier alpha value is -3.29. The lowest BCUT2D eigenvalue weighted by atomic mass is 9.98. The monoisotopic (exact) mass is 383 g/mol. The summed E-state index contributed by atoms with van der Waals surface area (Å²) in [6.07, 6.45) is 2.06. The first-order chi connectivity index (χ1) is 13.5. The zero-order valence-electron chi connectivity index (χ0n) is 15.5. The van der Waals surface area contributed by atoms with Crippen LogP contribution in [-0.2, 0) is 0 Å². The maximum atomic E-state index is 13.0. The van der Waals surface area contributed by atoms with E-state index in [0.717, 1.165) is 31.6 Å². The number of fused-ring (bicyclic) bond motifs is 1. The fourth-order valence-corrected chi connectivity index (χ4v) is 3.52. The average molecular weight is 383 g/mol. The number of nitrogens with one attached hydrogen (secondary N) is 1. The van der Waals surface area contributed by atoms with Crippen molar-refractivity contribution < 1.29 is 19.2 Å². The third-order valence-corrected chi connectivity index (χ3v) is 5.19. The molecule has 1 fully saturated rings. The van der Waals surface area contributed by atoms with Gasteiger partial charge in [0.2, 0.25) is 6.79 Å². The van der Waals surface area contributed by atoms with E-state index in [1.807, 2.05) is 0 Å². The standard InChI is InChI=1S/C20H21N3O5/c1-13-6-8-22(9-7-13)17-4-3-15(23(25)26)11-16(17)20(24)21-14-2-5-18-19(10-14)28-12-27-18/h2-5,10-11,13H,6-9,12H2,1H3,(H,21,24). The van der Waals surface area contributed by atoms with Gasteiger partial charge in [0.05, 0.1) is 16.2 Å². The minimum atomic E-state index is -0.487. The van der Waals surface area contributed by atoms with E-state index < -0.39 is 10.8 Å². The van der Waals surface area contributed by atoms with Crippen LogP contribution >= 0.6 is 0 Å². The molecule has 1 N–H and O–H groups in total. The molecule has 0 saturated carbocycles. The molecule has 0 radical (unpaired) electrons. The molecule has 8 nitrogen and oxygen atoms in total. The van der Waals surface area contributed by atoms with Gasteiger partial charge in [-0.3, -0.25) is 14.9 Å². The molecule has 0 bridgehead atoms. The van der Waals surface area contributed by atoms with Gasteiger partial charge in [-0.2, -0.15) is 0 Å². The lowest BCUT2D eigenvalue weighted by Gasteiger charge is -2.33. The molecular weight excluding hydrogens is 362 g/mol. The highest BCUT2D eigenvalue weighted by molar-refractivity contribution is 6.08. The Balaban J connectivity index is 1.63. The van der Waals surface area contributed by atoms with Gasteiger partial charge in [0.15, 0.2) is 11.5 Å². The molecule has 1 amide bonds. The van der Waals surface area contributed by atoms with Crippen molar-refractivity contribution in [3.05, 3.63) is 52.1 Å². The van der Waals surface area contributed by atoms with Gasteiger partial charge in [0.25, 0.3) is 11.6 Å². The van der Waals surface area contributed by atoms with E-state index in [1.165, 1.54) is 12.1 Å². The minimum absolute atomic E-state index is 0.107. The second kappa shape index (κ2) is 7.38. The minimum Gasteiger partial charge on any atom is -0.454 e. The normalized spacial score (nSPS) is 16.1. The van der Waals surface area contributed by atoms with Gasteiger partial charge >= 0.3 is 0 Å². The van der Waals surface area contributed by atoms with Gasteiger partial charge in [-0.05, 0) is 37.0 Å². The van der Waals surface area contributed by atoms with Crippen molar-refractivity contribution in [2.45, 2.75) is 19.8 Å². The Morgan fingerprint density at radius 1 is 1.14 bits per heavy atom. The number of non-ortho nitro benzene ring substituents is 1. The Morgan fingerprint density at radius 3 is 2.64 bits per heavy atom. The van der Waals surface area contributed by atoms with Gasteiger partial charge in [0, 0.05) is 37.0 Å². The number of benzene rings is 2. The topological polar surface area (TPSA) is 93.9 Å². The number of nitro groups is 1. The van der Waals surface area contributed by atoms with E-state index >= 15 is 0 Å². The molecule has 2 aliphatic rings. The van der Waals surface area contributed by atoms with Gasteiger partial charge in [-0.25, -0.2) is 0 Å². The zero-order chi connectivity index (χ0) is 19.7. The summed E-state index contributed by atoms with van der Waals surface area (Å²) >= 11 is 0. The van der Waals surface area contributed by atoms with Crippen LogP contribution in [0, 0.1) is 16.0 Å². The zero-order valence-corrected chi connectivity index (χ0v) is 15.5. The lowest BCUT2D eigenvalue weighted by molar-refractivity contribution is -0.384. The molecular formula is C20H21N3O5. The average Bonchev–Trinajstić information content (AvgIpc) is 3.16. The number of hydrogen-bond acceptors (Lipinski definition) is 6. The lowest BCUT2D eigenvalue weighted by Crippen LogP contribution is -2.34. The SMILES string of the molecule is CC1CCN(c2ccc([N+](=O)[O-])cc2C(=O)Nc2ccc3c(c2)OCO3)CC1. The van der Waals surface area contributed by atoms with Crippen LogP contribution in [0.4, 0.5) is 17.1 Å². The van der Waals surface area contributed by atoms with Crippen molar-refractivity contribution in [1.29, 1.82) is 0 Å². The van der Waals surface area contributed by atoms with E-state index in [1.54, 1.807) is 24.3 Å². The molecule has 1 saturated heterocycles. The largest absolute Gasteiger partial charge is 0.454 e. The third-order valence-electron chi connectivity index (χ3n) is 5.19. The molecule has 0 atom stereocenters. The number of piperidine rings is 1. The smallest absolute Gasteiger partial charge is 0.270 e. The molecule has 8 heteroatoms. The summed E-state index contributed by atoms with van der Waals surface area (Å²) in [7, 11) is 0. The molecule has 2 heterocycles. The number of carbonyl (C=O) groups is 1. The van der Waals surface area contributed by atoms with Crippen LogP contribution in [0.15, 0.2) is 36.4 Å². The number of rotatable bonds is 4. The number of carbonyl (C=O) groups excluding carboxylic acids is 1. The quantitative estimate of drug-likeness (QED) is 0.637. The van der Waals surface area contributed by atoms with Crippen LogP contribution in [0.2, 0.25) is 0 Å². The van der Waals surface area contributed by atoms with Crippen LogP contribution in [0.25, 0.3) is 0 Å². The van der Waals surface area contributed by atoms with E-state index in [9.17, 15) is 14.9 Å². The van der Waals surface area contributed by atoms with Crippen molar-refractivity contribution in [2.75, 3.05) is 30.1 Å². The summed E-state index contributed by atoms with van der Waals surface area (Å²) < 4.78 is 10.6. The third kappa shape index (κ3) is 3.58. The van der Waals surface area contributed by atoms with Crippen molar-refractivity contribution >= 4 is 23.0 Å². The summed E-state index contributed by atoms with van der Waals surface area (Å²) in [5.74, 6) is 1.43. The molecule has 0 unspecified atom stereocenters. The van der Waals surface area contributed by atoms with Gasteiger partial charge in [-0.1, -0.05) is 6.92 Å². The summed E-state index contributed by atoms with van der Waals surface area (Å²) in [6, 6.07) is 9.58. The molecule has 4 rings (SSSR count). The second-order valence-electron chi connectivity index (χ2n) is 7.15. The summed E-state index contributed by atoms with van der Waals surface area (Å²) in [6.45, 7) is 4.00. The van der Waals surface area contributed by atoms with Crippen LogP contribution in [-0.4, -0.2) is 30.7 Å². The Labute approximate surface area is 162 Å². The number of hydrogen-bond donors (Lipinski definition) is 1. The number of amides is 1. The van der Waals surface area contributed by atoms with Crippen molar-refractivity contribution in [1.82, 2.24) is 0 Å². The van der Waals surface area contributed by atoms with Crippen LogP contribution < -0.4 is 19.7 Å². The van der Waals surface area contributed by atoms with Crippen LogP contribution in [0.1, 0.15) is 30.1 Å². The summed E-state index contributed by atoms with van der Waals surface area (Å²) in [5.41, 5.74) is 1.45. The molecule has 2 aliphatic heterocycles. The predicted octanol–water partition coefficient (Wildman–Crippen LogP) is 3.81. The highest BCUT2D eigenvalue weighted by Crippen LogP contribution is 2.35. The predicted molar refractivity (Wildman–Crippen MR) is 104 cm³/mol. The highest BCUT2D eigenvalue weighted by Gasteiger charge is 2.24. The van der Waals surface area contributed by atoms with E-state index in [2.05, 4.69) is 17.1 Å².